The fourth-order valence-corrected chi connectivity index (χ4v) is 18.4. The van der Waals surface area contributed by atoms with E-state index in [-0.39, 0.29) is 145 Å². The van der Waals surface area contributed by atoms with E-state index in [4.69, 9.17) is 61.6 Å². The van der Waals surface area contributed by atoms with E-state index >= 15 is 0 Å². The van der Waals surface area contributed by atoms with Crippen molar-refractivity contribution < 1.29 is 160 Å². The van der Waals surface area contributed by atoms with Gasteiger partial charge in [0.05, 0.1) is 111 Å². The summed E-state index contributed by atoms with van der Waals surface area (Å²) < 4.78 is 73.5. The number of unbranched alkanes of at least 4 members (excludes halogenated alkanes) is 12. The fraction of sp³-hybridized carbons (Fsp3) is 0.880. The molecule has 0 aromatic heterocycles. The molecule has 4 rings (SSSR count). The zero-order valence-corrected chi connectivity index (χ0v) is 81.5. The molecule has 0 radical (unpaired) electrons. The van der Waals surface area contributed by atoms with E-state index in [1.807, 2.05) is 4.90 Å². The van der Waals surface area contributed by atoms with Gasteiger partial charge in [-0.05, 0) is 127 Å². The first kappa shape index (κ1) is 121. The second-order valence-corrected chi connectivity index (χ2v) is 37.8. The van der Waals surface area contributed by atoms with Crippen molar-refractivity contribution in [1.82, 2.24) is 36.8 Å². The van der Waals surface area contributed by atoms with E-state index < -0.39 is 141 Å². The highest BCUT2D eigenvalue weighted by atomic mass is 33.1. The number of ether oxygens (including phenoxy) is 13. The van der Waals surface area contributed by atoms with Crippen LogP contribution in [-0.4, -0.2) is 365 Å². The topological polar surface area (TPSA) is 565 Å². The maximum Gasteiger partial charge on any atom is 0.407 e. The van der Waals surface area contributed by atoms with Gasteiger partial charge in [-0.15, -0.1) is 0 Å². The van der Waals surface area contributed by atoms with Gasteiger partial charge in [0.1, 0.15) is 78.3 Å². The Morgan fingerprint density at radius 2 is 0.813 bits per heavy atom. The second kappa shape index (κ2) is 73.4. The van der Waals surface area contributed by atoms with Crippen molar-refractivity contribution in [3.63, 3.8) is 0 Å². The molecule has 4 fully saturated rings. The van der Waals surface area contributed by atoms with Gasteiger partial charge in [0, 0.05) is 142 Å². The number of likely N-dealkylation sites (tertiary alicyclic amines) is 1. The third-order valence-corrected chi connectivity index (χ3v) is 26.5. The molecule has 0 bridgehead atoms. The van der Waals surface area contributed by atoms with Crippen LogP contribution in [0, 0.1) is 11.3 Å². The molecule has 4 aliphatic rings. The van der Waals surface area contributed by atoms with Crippen LogP contribution in [0.5, 0.6) is 0 Å². The van der Waals surface area contributed by atoms with Gasteiger partial charge in [0.25, 0.3) is 0 Å². The summed E-state index contributed by atoms with van der Waals surface area (Å²) in [5, 5.41) is 107. The van der Waals surface area contributed by atoms with Crippen LogP contribution in [0.4, 0.5) is 9.59 Å². The fourth-order valence-electron chi connectivity index (χ4n) is 16.4. The largest absolute Gasteiger partial charge is 0.466 e. The van der Waals surface area contributed by atoms with E-state index in [1.165, 1.54) is 13.8 Å². The van der Waals surface area contributed by atoms with Gasteiger partial charge in [-0.25, -0.2) is 9.59 Å². The molecule has 42 heteroatoms. The van der Waals surface area contributed by atoms with E-state index in [2.05, 4.69) is 31.9 Å². The first-order chi connectivity index (χ1) is 64.6. The number of nitrogens with zero attached hydrogens (tertiary/aromatic N) is 1. The zero-order chi connectivity index (χ0) is 98.1. The number of Topliss-reactive ketones (excluding diaryl/α,β-unsaturated/α-hetero) is 3. The normalized spacial score (nSPS) is 23.9. The predicted octanol–water partition coefficient (Wildman–Crippen LogP) is 4.64. The Hall–Kier alpha value is -5.69. The number of aliphatic hydroxyl groups excluding tert-OH is 9. The zero-order valence-electron chi connectivity index (χ0n) is 79.9. The quantitative estimate of drug-likeness (QED) is 0.0171. The van der Waals surface area contributed by atoms with Gasteiger partial charge in [-0.2, -0.15) is 0 Å². The molecule has 16 unspecified atom stereocenters. The standard InChI is InChI=1S/C92H163N7O33S2/c1-64-81(112)82(113)72(60-100)130-87(64)125-46-23-33-75(108)94-42-19-12-13-21-44-96-91(119)129-50-28-40-92(38-26-48-124-78(111)36-15-9-7-10-18-41-93-76(109)34-24-47-127-89-80(98-66(3)104)86(117)84(115)74(62-102)132-89,39-27-49-128-90(118)95-43-20-11-6-8-14-29-68(105)31-22-45-126-88-79(97-65(2)103)85(116)83(114)73(61-101)131-88)58-70(107)37-51-122-52-53-123-54-56-134-133-55-25-32-69(106)30-16-17-35-77(110)99-59-71(121-5)57-67(99)63-120-4/h64,67,71-74,79-89,100-102,112-117H,6-63H2,1-5H3,(H,93,109)(H,94,108)(H,95,118)(H,96,119)(H,97,103)(H,98,104)/t64?,67-,71+,72?,73?,74?,79?,80?,81?,82?,83?,84?,85?,86?,87?,88?,89?,92?/m1/s1. The summed E-state index contributed by atoms with van der Waals surface area (Å²) >= 11 is 0. The van der Waals surface area contributed by atoms with Gasteiger partial charge in [0.15, 0.2) is 18.9 Å². The summed E-state index contributed by atoms with van der Waals surface area (Å²) in [6.07, 6.45) is 3.43. The molecule has 4 aliphatic heterocycles. The van der Waals surface area contributed by atoms with Crippen molar-refractivity contribution in [2.45, 2.75) is 356 Å². The van der Waals surface area contributed by atoms with Gasteiger partial charge in [-0.3, -0.25) is 43.2 Å². The number of rotatable bonds is 79. The summed E-state index contributed by atoms with van der Waals surface area (Å²) in [6.45, 7) is 6.70. The van der Waals surface area contributed by atoms with Crippen LogP contribution in [-0.2, 0) is 105 Å². The summed E-state index contributed by atoms with van der Waals surface area (Å²) in [5.74, 6) is -0.469. The Bertz CT molecular complexity index is 3150. The van der Waals surface area contributed by atoms with Gasteiger partial charge in [0.2, 0.25) is 29.5 Å². The lowest BCUT2D eigenvalue weighted by atomic mass is 9.71. The molecule has 40 nitrogen and oxygen atoms in total. The van der Waals surface area contributed by atoms with Gasteiger partial charge >= 0.3 is 18.2 Å². The maximum absolute atomic E-state index is 14.2. The second-order valence-electron chi connectivity index (χ2n) is 35.1. The third kappa shape index (κ3) is 52.0. The first-order valence-electron chi connectivity index (χ1n) is 48.6. The smallest absolute Gasteiger partial charge is 0.407 e. The molecule has 18 atom stereocenters. The van der Waals surface area contributed by atoms with E-state index in [0.29, 0.717) is 187 Å². The van der Waals surface area contributed by atoms with E-state index in [0.717, 1.165) is 75.7 Å². The molecular formula is C92H163N7O33S2. The molecule has 4 heterocycles. The Labute approximate surface area is 798 Å². The number of carbonyl (C=O) groups excluding carboxylic acids is 11. The summed E-state index contributed by atoms with van der Waals surface area (Å²) in [5.41, 5.74) is -0.719. The molecule has 0 aliphatic carbocycles. The summed E-state index contributed by atoms with van der Waals surface area (Å²) in [4.78, 5) is 142. The molecule has 7 amide bonds. The van der Waals surface area contributed by atoms with Gasteiger partial charge in [-0.1, -0.05) is 79.9 Å². The van der Waals surface area contributed by atoms with Crippen molar-refractivity contribution in [3.8, 4) is 0 Å². The number of carbonyl (C=O) groups is 11. The van der Waals surface area contributed by atoms with Crippen molar-refractivity contribution in [2.75, 3.05) is 151 Å². The number of nitrogens with one attached hydrogen (secondary N) is 6. The van der Waals surface area contributed by atoms with Crippen LogP contribution < -0.4 is 31.9 Å². The highest BCUT2D eigenvalue weighted by Crippen LogP contribution is 2.40. The summed E-state index contributed by atoms with van der Waals surface area (Å²) in [6, 6.07) is -2.17. The minimum atomic E-state index is -1.45. The molecule has 15 N–H and O–H groups in total. The average molecular weight is 1960 g/mol. The van der Waals surface area contributed by atoms with Crippen LogP contribution in [0.3, 0.4) is 0 Å². The number of hydrogen-bond acceptors (Lipinski definition) is 35. The van der Waals surface area contributed by atoms with Crippen LogP contribution in [0.2, 0.25) is 0 Å². The van der Waals surface area contributed by atoms with Crippen molar-refractivity contribution in [1.29, 1.82) is 0 Å². The predicted molar refractivity (Wildman–Crippen MR) is 494 cm³/mol. The van der Waals surface area contributed by atoms with Crippen molar-refractivity contribution >= 4 is 86.6 Å². The van der Waals surface area contributed by atoms with Crippen LogP contribution >= 0.6 is 21.6 Å². The number of ketones is 3. The number of methoxy groups -OCH3 is 2. The number of esters is 1. The number of hydrogen-bond donors (Lipinski definition) is 15. The Morgan fingerprint density at radius 3 is 1.31 bits per heavy atom. The molecule has 776 valence electrons. The number of aliphatic hydroxyl groups is 9. The van der Waals surface area contributed by atoms with Gasteiger partial charge < -0.3 is 144 Å². The number of alkyl carbamates (subject to hydrolysis) is 2. The van der Waals surface area contributed by atoms with Crippen molar-refractivity contribution in [2.24, 2.45) is 11.3 Å². The monoisotopic (exact) mass is 1960 g/mol. The lowest BCUT2D eigenvalue weighted by Crippen LogP contribution is -2.64. The third-order valence-electron chi connectivity index (χ3n) is 24.0. The van der Waals surface area contributed by atoms with Crippen molar-refractivity contribution in [3.05, 3.63) is 0 Å². The highest BCUT2D eigenvalue weighted by Gasteiger charge is 2.48. The molecule has 0 spiro atoms. The van der Waals surface area contributed by atoms with E-state index in [9.17, 15) is 98.7 Å². The maximum atomic E-state index is 14.2. The SMILES string of the molecule is COC[C@H]1C[C@H](OC)CN1C(=O)CCCCC(=O)CCCSSCCOCCOCCC(=O)CC(CCCOC(=O)CCCCCCCNC(=O)CCCOC1OC(CO)C(O)C(O)C1NC(C)=O)(CCCOC(=O)NCCCCCCCC(=O)CCCOC1OC(CO)C(O)C(O)C1NC(C)=O)CCCOC(=O)NCCCCCCNC(=O)CCCOC1OC(CO)C(O)C(O)C1C. The molecule has 4 saturated heterocycles. The molecule has 0 saturated carbocycles. The van der Waals surface area contributed by atoms with Crippen LogP contribution in [0.25, 0.3) is 0 Å². The molecule has 0 aromatic rings. The molecule has 134 heavy (non-hydrogen) atoms. The lowest BCUT2D eigenvalue weighted by molar-refractivity contribution is -0.282. The number of amides is 7. The Kier molecular flexibility index (Phi) is 66.1. The lowest BCUT2D eigenvalue weighted by Gasteiger charge is -2.42. The van der Waals surface area contributed by atoms with Crippen LogP contribution in [0.15, 0.2) is 0 Å². The van der Waals surface area contributed by atoms with Crippen LogP contribution in [0.1, 0.15) is 258 Å². The highest BCUT2D eigenvalue weighted by molar-refractivity contribution is 8.76. The summed E-state index contributed by atoms with van der Waals surface area (Å²) in [7, 11) is 6.62. The molecular weight excluding hydrogens is 1800 g/mol. The van der Waals surface area contributed by atoms with E-state index in [1.54, 1.807) is 42.7 Å². The Morgan fingerprint density at radius 1 is 0.403 bits per heavy atom. The first-order valence-corrected chi connectivity index (χ1v) is 51.1. The molecule has 0 aromatic carbocycles. The Balaban J connectivity index is 1.26. The minimum absolute atomic E-state index is 0.00236. The average Bonchev–Trinajstić information content (AvgIpc) is 0.989. The minimum Gasteiger partial charge on any atom is -0.466 e.